The predicted molar refractivity (Wildman–Crippen MR) is 95.1 cm³/mol. The van der Waals surface area contributed by atoms with E-state index in [0.717, 1.165) is 35.6 Å². The van der Waals surface area contributed by atoms with E-state index < -0.39 is 5.97 Å². The molecular weight excluding hydrogens is 332 g/mol. The number of anilines is 1. The number of aromatic carboxylic acids is 1. The van der Waals surface area contributed by atoms with Gasteiger partial charge in [-0.3, -0.25) is 4.98 Å². The lowest BCUT2D eigenvalue weighted by atomic mass is 10.1. The molecule has 0 aliphatic carbocycles. The molecule has 0 spiro atoms. The van der Waals surface area contributed by atoms with Crippen molar-refractivity contribution in [1.82, 2.24) is 15.0 Å². The largest absolute Gasteiger partial charge is 0.507 e. The van der Waals surface area contributed by atoms with Crippen molar-refractivity contribution < 1.29 is 15.0 Å². The molecule has 4 rings (SSSR count). The van der Waals surface area contributed by atoms with E-state index in [0.29, 0.717) is 12.4 Å². The molecule has 7 nitrogen and oxygen atoms in total. The SMILES string of the molecule is O=C(O)c1ccc(N2CCc3nc(-c4ccccn4)ncc3C2)cc1O. The molecule has 0 fully saturated rings. The first kappa shape index (κ1) is 16.0. The van der Waals surface area contributed by atoms with Crippen LogP contribution >= 0.6 is 0 Å². The first-order chi connectivity index (χ1) is 12.6. The quantitative estimate of drug-likeness (QED) is 0.750. The monoisotopic (exact) mass is 348 g/mol. The Hall–Kier alpha value is -3.48. The van der Waals surface area contributed by atoms with Crippen molar-refractivity contribution in [3.8, 4) is 17.3 Å². The number of aromatic nitrogens is 3. The molecule has 3 aromatic rings. The van der Waals surface area contributed by atoms with Crippen molar-refractivity contribution in [2.45, 2.75) is 13.0 Å². The number of carbonyl (C=O) groups is 1. The van der Waals surface area contributed by atoms with Gasteiger partial charge in [-0.2, -0.15) is 0 Å². The van der Waals surface area contributed by atoms with Crippen molar-refractivity contribution in [2.24, 2.45) is 0 Å². The van der Waals surface area contributed by atoms with Gasteiger partial charge in [-0.05, 0) is 24.3 Å². The van der Waals surface area contributed by atoms with Crippen LogP contribution in [0, 0.1) is 0 Å². The van der Waals surface area contributed by atoms with Crippen LogP contribution in [-0.2, 0) is 13.0 Å². The highest BCUT2D eigenvalue weighted by molar-refractivity contribution is 5.91. The van der Waals surface area contributed by atoms with Crippen molar-refractivity contribution in [3.05, 3.63) is 65.6 Å². The van der Waals surface area contributed by atoms with Gasteiger partial charge in [0.1, 0.15) is 17.0 Å². The summed E-state index contributed by atoms with van der Waals surface area (Å²) in [4.78, 5) is 26.4. The van der Waals surface area contributed by atoms with E-state index in [1.54, 1.807) is 12.3 Å². The first-order valence-electron chi connectivity index (χ1n) is 8.19. The number of hydrogen-bond donors (Lipinski definition) is 2. The molecule has 3 heterocycles. The number of pyridine rings is 1. The van der Waals surface area contributed by atoms with E-state index in [-0.39, 0.29) is 11.3 Å². The van der Waals surface area contributed by atoms with Gasteiger partial charge in [0.25, 0.3) is 0 Å². The zero-order valence-corrected chi connectivity index (χ0v) is 13.8. The number of carboxylic acids is 1. The number of phenols is 1. The van der Waals surface area contributed by atoms with Crippen LogP contribution in [0.5, 0.6) is 5.75 Å². The van der Waals surface area contributed by atoms with Crippen LogP contribution in [0.25, 0.3) is 11.5 Å². The molecule has 2 aromatic heterocycles. The number of aromatic hydroxyl groups is 1. The summed E-state index contributed by atoms with van der Waals surface area (Å²) in [5.41, 5.74) is 3.41. The summed E-state index contributed by atoms with van der Waals surface area (Å²) in [6, 6.07) is 10.2. The van der Waals surface area contributed by atoms with E-state index in [1.165, 1.54) is 12.1 Å². The Morgan fingerprint density at radius 2 is 2.04 bits per heavy atom. The highest BCUT2D eigenvalue weighted by atomic mass is 16.4. The van der Waals surface area contributed by atoms with Gasteiger partial charge in [-0.15, -0.1) is 0 Å². The van der Waals surface area contributed by atoms with Gasteiger partial charge in [0, 0.05) is 49.2 Å². The number of carboxylic acid groups (broad SMARTS) is 1. The van der Waals surface area contributed by atoms with Gasteiger partial charge in [0.15, 0.2) is 5.82 Å². The van der Waals surface area contributed by atoms with E-state index >= 15 is 0 Å². The molecule has 7 heteroatoms. The smallest absolute Gasteiger partial charge is 0.339 e. The Morgan fingerprint density at radius 1 is 1.15 bits per heavy atom. The Balaban J connectivity index is 1.59. The fourth-order valence-corrected chi connectivity index (χ4v) is 3.05. The number of hydrogen-bond acceptors (Lipinski definition) is 6. The summed E-state index contributed by atoms with van der Waals surface area (Å²) >= 11 is 0. The first-order valence-corrected chi connectivity index (χ1v) is 8.19. The normalized spacial score (nSPS) is 13.3. The predicted octanol–water partition coefficient (Wildman–Crippen LogP) is 2.51. The van der Waals surface area contributed by atoms with Crippen LogP contribution in [-0.4, -0.2) is 37.7 Å². The number of benzene rings is 1. The second kappa shape index (κ2) is 6.44. The van der Waals surface area contributed by atoms with Gasteiger partial charge in [0.2, 0.25) is 0 Å². The third-order valence-corrected chi connectivity index (χ3v) is 4.40. The van der Waals surface area contributed by atoms with Gasteiger partial charge in [-0.25, -0.2) is 14.8 Å². The van der Waals surface area contributed by atoms with Crippen LogP contribution in [0.15, 0.2) is 48.8 Å². The van der Waals surface area contributed by atoms with E-state index in [9.17, 15) is 9.90 Å². The lowest BCUT2D eigenvalue weighted by Gasteiger charge is -2.30. The molecule has 0 saturated carbocycles. The van der Waals surface area contributed by atoms with Crippen LogP contribution in [0.4, 0.5) is 5.69 Å². The lowest BCUT2D eigenvalue weighted by Crippen LogP contribution is -2.31. The fourth-order valence-electron chi connectivity index (χ4n) is 3.05. The topological polar surface area (TPSA) is 99.4 Å². The number of fused-ring (bicyclic) bond motifs is 1. The van der Waals surface area contributed by atoms with Gasteiger partial charge >= 0.3 is 5.97 Å². The van der Waals surface area contributed by atoms with Gasteiger partial charge < -0.3 is 15.1 Å². The molecule has 26 heavy (non-hydrogen) atoms. The van der Waals surface area contributed by atoms with Crippen molar-refractivity contribution in [2.75, 3.05) is 11.4 Å². The minimum absolute atomic E-state index is 0.102. The molecule has 0 bridgehead atoms. The number of rotatable bonds is 3. The average Bonchev–Trinajstić information content (AvgIpc) is 2.67. The van der Waals surface area contributed by atoms with E-state index in [4.69, 9.17) is 5.11 Å². The molecule has 1 aliphatic rings. The minimum Gasteiger partial charge on any atom is -0.507 e. The Kier molecular flexibility index (Phi) is 3.96. The maximum absolute atomic E-state index is 11.0. The molecule has 0 amide bonds. The highest BCUT2D eigenvalue weighted by Crippen LogP contribution is 2.29. The summed E-state index contributed by atoms with van der Waals surface area (Å²) in [7, 11) is 0. The fraction of sp³-hybridized carbons (Fsp3) is 0.158. The molecule has 0 unspecified atom stereocenters. The average molecular weight is 348 g/mol. The van der Waals surface area contributed by atoms with Gasteiger partial charge in [-0.1, -0.05) is 6.07 Å². The molecule has 1 aliphatic heterocycles. The summed E-state index contributed by atoms with van der Waals surface area (Å²) in [6.45, 7) is 1.32. The summed E-state index contributed by atoms with van der Waals surface area (Å²) in [5.74, 6) is -0.766. The molecule has 0 atom stereocenters. The third kappa shape index (κ3) is 2.95. The zero-order valence-electron chi connectivity index (χ0n) is 13.8. The van der Waals surface area contributed by atoms with Crippen LogP contribution in [0.2, 0.25) is 0 Å². The van der Waals surface area contributed by atoms with Crippen LogP contribution in [0.1, 0.15) is 21.6 Å². The molecule has 0 saturated heterocycles. The Labute approximate surface area is 149 Å². The molecule has 130 valence electrons. The van der Waals surface area contributed by atoms with Crippen LogP contribution in [0.3, 0.4) is 0 Å². The maximum Gasteiger partial charge on any atom is 0.339 e. The summed E-state index contributed by atoms with van der Waals surface area (Å²) in [5, 5.41) is 18.9. The summed E-state index contributed by atoms with van der Waals surface area (Å²) in [6.07, 6.45) is 4.26. The van der Waals surface area contributed by atoms with Gasteiger partial charge in [0.05, 0.1) is 5.69 Å². The minimum atomic E-state index is -1.14. The van der Waals surface area contributed by atoms with E-state index in [1.807, 2.05) is 24.4 Å². The second-order valence-corrected chi connectivity index (χ2v) is 6.06. The van der Waals surface area contributed by atoms with Crippen molar-refractivity contribution in [3.63, 3.8) is 0 Å². The van der Waals surface area contributed by atoms with Crippen molar-refractivity contribution in [1.29, 1.82) is 0 Å². The number of nitrogens with zero attached hydrogens (tertiary/aromatic N) is 4. The maximum atomic E-state index is 11.0. The lowest BCUT2D eigenvalue weighted by molar-refractivity contribution is 0.0694. The molecule has 0 radical (unpaired) electrons. The standard InChI is InChI=1S/C19H16N4O3/c24-17-9-13(4-5-14(17)19(25)26)23-8-6-15-12(11-23)10-21-18(22-15)16-3-1-2-7-20-16/h1-5,7,9-10,24H,6,8,11H2,(H,25,26). The molecule has 1 aromatic carbocycles. The highest BCUT2D eigenvalue weighted by Gasteiger charge is 2.20. The van der Waals surface area contributed by atoms with E-state index in [2.05, 4.69) is 19.9 Å². The third-order valence-electron chi connectivity index (χ3n) is 4.40. The Morgan fingerprint density at radius 3 is 2.77 bits per heavy atom. The molecular formula is C19H16N4O3. The summed E-state index contributed by atoms with van der Waals surface area (Å²) < 4.78 is 0. The zero-order chi connectivity index (χ0) is 18.1. The Bertz CT molecular complexity index is 976. The van der Waals surface area contributed by atoms with Crippen LogP contribution < -0.4 is 4.90 Å². The second-order valence-electron chi connectivity index (χ2n) is 6.06. The van der Waals surface area contributed by atoms with Crippen molar-refractivity contribution >= 4 is 11.7 Å². The molecule has 2 N–H and O–H groups in total.